The largest absolute Gasteiger partial charge is 0.388 e. The van der Waals surface area contributed by atoms with Gasteiger partial charge in [-0.3, -0.25) is 0 Å². The lowest BCUT2D eigenvalue weighted by molar-refractivity contribution is 0.0986. The SMILES string of the molecule is Cc1cc2c(n1-c1cccc(Cl)c1F)CC(C)(C)CC2O. The molecule has 4 heteroatoms. The van der Waals surface area contributed by atoms with Gasteiger partial charge in [-0.2, -0.15) is 0 Å². The summed E-state index contributed by atoms with van der Waals surface area (Å²) in [7, 11) is 0. The molecule has 1 aliphatic carbocycles. The molecule has 112 valence electrons. The van der Waals surface area contributed by atoms with Gasteiger partial charge in [-0.15, -0.1) is 0 Å². The van der Waals surface area contributed by atoms with Crippen molar-refractivity contribution in [3.05, 3.63) is 52.1 Å². The first-order chi connectivity index (χ1) is 9.80. The molecule has 1 aromatic carbocycles. The fourth-order valence-corrected chi connectivity index (χ4v) is 3.51. The third kappa shape index (κ3) is 2.39. The topological polar surface area (TPSA) is 25.2 Å². The number of hydrogen-bond donors (Lipinski definition) is 1. The molecule has 2 aromatic rings. The molecule has 0 saturated carbocycles. The Labute approximate surface area is 129 Å². The summed E-state index contributed by atoms with van der Waals surface area (Å²) < 4.78 is 16.3. The van der Waals surface area contributed by atoms with Crippen molar-refractivity contribution in [2.24, 2.45) is 5.41 Å². The summed E-state index contributed by atoms with van der Waals surface area (Å²) in [6.07, 6.45) is 1.03. The number of halogens is 2. The highest BCUT2D eigenvalue weighted by Gasteiger charge is 2.34. The molecule has 1 unspecified atom stereocenters. The minimum absolute atomic E-state index is 0.00991. The van der Waals surface area contributed by atoms with Gasteiger partial charge in [0, 0.05) is 17.0 Å². The highest BCUT2D eigenvalue weighted by atomic mass is 35.5. The maximum absolute atomic E-state index is 14.4. The van der Waals surface area contributed by atoms with Gasteiger partial charge in [0.1, 0.15) is 0 Å². The van der Waals surface area contributed by atoms with E-state index in [9.17, 15) is 9.50 Å². The number of aryl methyl sites for hydroxylation is 1. The second-order valence-corrected chi connectivity index (χ2v) is 7.06. The summed E-state index contributed by atoms with van der Waals surface area (Å²) in [5.41, 5.74) is 3.25. The zero-order valence-electron chi connectivity index (χ0n) is 12.5. The fourth-order valence-electron chi connectivity index (χ4n) is 3.34. The number of benzene rings is 1. The first kappa shape index (κ1) is 14.6. The summed E-state index contributed by atoms with van der Waals surface area (Å²) in [4.78, 5) is 0. The van der Waals surface area contributed by atoms with Gasteiger partial charge in [0.15, 0.2) is 5.82 Å². The maximum atomic E-state index is 14.4. The van der Waals surface area contributed by atoms with Gasteiger partial charge in [0.2, 0.25) is 0 Å². The van der Waals surface area contributed by atoms with Crippen LogP contribution in [0.25, 0.3) is 5.69 Å². The van der Waals surface area contributed by atoms with E-state index in [1.54, 1.807) is 18.2 Å². The first-order valence-corrected chi connectivity index (χ1v) is 7.51. The average molecular weight is 308 g/mol. The van der Waals surface area contributed by atoms with Crippen molar-refractivity contribution >= 4 is 11.6 Å². The molecule has 2 nitrogen and oxygen atoms in total. The van der Waals surface area contributed by atoms with Crippen molar-refractivity contribution in [3.8, 4) is 5.69 Å². The van der Waals surface area contributed by atoms with E-state index >= 15 is 0 Å². The molecule has 1 heterocycles. The zero-order chi connectivity index (χ0) is 15.4. The Morgan fingerprint density at radius 1 is 1.38 bits per heavy atom. The van der Waals surface area contributed by atoms with Gasteiger partial charge < -0.3 is 9.67 Å². The van der Waals surface area contributed by atoms with Crippen LogP contribution in [0.2, 0.25) is 5.02 Å². The van der Waals surface area contributed by atoms with Crippen LogP contribution < -0.4 is 0 Å². The average Bonchev–Trinajstić information content (AvgIpc) is 2.69. The molecule has 0 radical (unpaired) electrons. The van der Waals surface area contributed by atoms with Crippen LogP contribution in [0.1, 0.15) is 43.3 Å². The number of aliphatic hydroxyl groups excluding tert-OH is 1. The normalized spacial score (nSPS) is 20.4. The van der Waals surface area contributed by atoms with E-state index in [0.717, 1.165) is 29.8 Å². The van der Waals surface area contributed by atoms with E-state index < -0.39 is 11.9 Å². The summed E-state index contributed by atoms with van der Waals surface area (Å²) in [6, 6.07) is 6.97. The second-order valence-electron chi connectivity index (χ2n) is 6.66. The predicted octanol–water partition coefficient (Wildman–Crippen LogP) is 4.58. The lowest BCUT2D eigenvalue weighted by Gasteiger charge is -2.34. The van der Waals surface area contributed by atoms with Gasteiger partial charge in [-0.05, 0) is 43.4 Å². The van der Waals surface area contributed by atoms with Crippen molar-refractivity contribution in [2.75, 3.05) is 0 Å². The minimum atomic E-state index is -0.494. The maximum Gasteiger partial charge on any atom is 0.165 e. The van der Waals surface area contributed by atoms with Crippen LogP contribution in [-0.4, -0.2) is 9.67 Å². The van der Waals surface area contributed by atoms with Gasteiger partial charge >= 0.3 is 0 Å². The predicted molar refractivity (Wildman–Crippen MR) is 82.5 cm³/mol. The van der Waals surface area contributed by atoms with E-state index in [1.165, 1.54) is 0 Å². The number of aromatic nitrogens is 1. The molecule has 1 aromatic heterocycles. The van der Waals surface area contributed by atoms with Crippen molar-refractivity contribution in [1.29, 1.82) is 0 Å². The van der Waals surface area contributed by atoms with E-state index in [4.69, 9.17) is 11.6 Å². The minimum Gasteiger partial charge on any atom is -0.388 e. The Balaban J connectivity index is 2.24. The van der Waals surface area contributed by atoms with Crippen LogP contribution >= 0.6 is 11.6 Å². The lowest BCUT2D eigenvalue weighted by atomic mass is 9.75. The molecule has 0 spiro atoms. The number of aliphatic hydroxyl groups is 1. The van der Waals surface area contributed by atoms with Gasteiger partial charge in [-0.1, -0.05) is 31.5 Å². The summed E-state index contributed by atoms with van der Waals surface area (Å²) >= 11 is 5.91. The van der Waals surface area contributed by atoms with Crippen LogP contribution in [0.4, 0.5) is 4.39 Å². The Morgan fingerprint density at radius 3 is 2.81 bits per heavy atom. The van der Waals surface area contributed by atoms with Gasteiger partial charge in [-0.25, -0.2) is 4.39 Å². The van der Waals surface area contributed by atoms with Crippen LogP contribution in [-0.2, 0) is 6.42 Å². The van der Waals surface area contributed by atoms with Crippen molar-refractivity contribution in [1.82, 2.24) is 4.57 Å². The van der Waals surface area contributed by atoms with Crippen LogP contribution in [0.5, 0.6) is 0 Å². The molecule has 0 aliphatic heterocycles. The number of rotatable bonds is 1. The molecule has 21 heavy (non-hydrogen) atoms. The number of hydrogen-bond acceptors (Lipinski definition) is 1. The Kier molecular flexibility index (Phi) is 3.38. The van der Waals surface area contributed by atoms with E-state index in [2.05, 4.69) is 13.8 Å². The molecule has 0 amide bonds. The third-order valence-corrected chi connectivity index (χ3v) is 4.54. The van der Waals surface area contributed by atoms with Crippen LogP contribution in [0.3, 0.4) is 0 Å². The molecule has 1 N–H and O–H groups in total. The second kappa shape index (κ2) is 4.85. The van der Waals surface area contributed by atoms with Crippen molar-refractivity contribution < 1.29 is 9.50 Å². The quantitative estimate of drug-likeness (QED) is 0.819. The number of nitrogens with zero attached hydrogens (tertiary/aromatic N) is 1. The molecule has 1 aliphatic rings. The number of fused-ring (bicyclic) bond motifs is 1. The Morgan fingerprint density at radius 2 is 2.10 bits per heavy atom. The molecule has 0 fully saturated rings. The van der Waals surface area contributed by atoms with E-state index in [0.29, 0.717) is 5.69 Å². The fraction of sp³-hybridized carbons (Fsp3) is 0.412. The van der Waals surface area contributed by atoms with E-state index in [-0.39, 0.29) is 10.4 Å². The van der Waals surface area contributed by atoms with Crippen LogP contribution in [0, 0.1) is 18.2 Å². The highest BCUT2D eigenvalue weighted by molar-refractivity contribution is 6.30. The molecule has 0 saturated heterocycles. The molecule has 3 rings (SSSR count). The smallest absolute Gasteiger partial charge is 0.165 e. The third-order valence-electron chi connectivity index (χ3n) is 4.24. The highest BCUT2D eigenvalue weighted by Crippen LogP contribution is 2.43. The molecular formula is C17H19ClFNO. The van der Waals surface area contributed by atoms with Gasteiger partial charge in [0.25, 0.3) is 0 Å². The van der Waals surface area contributed by atoms with Crippen molar-refractivity contribution in [3.63, 3.8) is 0 Å². The molecular weight excluding hydrogens is 289 g/mol. The zero-order valence-corrected chi connectivity index (χ0v) is 13.2. The first-order valence-electron chi connectivity index (χ1n) is 7.14. The van der Waals surface area contributed by atoms with E-state index in [1.807, 2.05) is 17.6 Å². The summed E-state index contributed by atoms with van der Waals surface area (Å²) in [5, 5.41) is 10.5. The monoisotopic (exact) mass is 307 g/mol. The standard InChI is InChI=1S/C17H19ClFNO/c1-10-7-11-14(8-17(2,3)9-15(11)21)20(10)13-6-4-5-12(18)16(13)19/h4-7,15,21H,8-9H2,1-3H3. The van der Waals surface area contributed by atoms with Gasteiger partial charge in [0.05, 0.1) is 16.8 Å². The Bertz CT molecular complexity index is 705. The lowest BCUT2D eigenvalue weighted by Crippen LogP contribution is -2.26. The van der Waals surface area contributed by atoms with Crippen LogP contribution in [0.15, 0.2) is 24.3 Å². The molecule has 1 atom stereocenters. The van der Waals surface area contributed by atoms with Crippen molar-refractivity contribution in [2.45, 2.75) is 39.7 Å². The Hall–Kier alpha value is -1.32. The summed E-state index contributed by atoms with van der Waals surface area (Å²) in [5.74, 6) is -0.418. The summed E-state index contributed by atoms with van der Waals surface area (Å²) in [6.45, 7) is 6.18. The molecule has 0 bridgehead atoms.